The zero-order valence-corrected chi connectivity index (χ0v) is 12.8. The second-order valence-corrected chi connectivity index (χ2v) is 5.57. The molecule has 2 N–H and O–H groups in total. The molecular weight excluding hydrogens is 292 g/mol. The third kappa shape index (κ3) is 2.93. The Balaban J connectivity index is 2.02. The fourth-order valence-corrected chi connectivity index (χ4v) is 2.84. The van der Waals surface area contributed by atoms with Crippen molar-refractivity contribution in [2.75, 3.05) is 11.6 Å². The topological polar surface area (TPSA) is 84.8 Å². The van der Waals surface area contributed by atoms with Gasteiger partial charge in [0.05, 0.1) is 22.4 Å². The average Bonchev–Trinajstić information content (AvgIpc) is 2.99. The number of non-ortho nitro benzene ring substituents is 1. The number of nitrogens with two attached hydrogens (primary N) is 1. The molecule has 0 aliphatic carbocycles. The van der Waals surface area contributed by atoms with Crippen LogP contribution in [-0.2, 0) is 0 Å². The van der Waals surface area contributed by atoms with Crippen LogP contribution < -0.4 is 10.7 Å². The highest BCUT2D eigenvalue weighted by molar-refractivity contribution is 5.90. The monoisotopic (exact) mass is 310 g/mol. The number of aryl methyl sites for hydroxylation is 1. The van der Waals surface area contributed by atoms with E-state index in [4.69, 9.17) is 5.73 Å². The number of anilines is 1. The van der Waals surface area contributed by atoms with E-state index in [0.717, 1.165) is 22.5 Å². The zero-order chi connectivity index (χ0) is 16.4. The van der Waals surface area contributed by atoms with E-state index in [0.29, 0.717) is 13.0 Å². The molecule has 1 unspecified atom stereocenters. The summed E-state index contributed by atoms with van der Waals surface area (Å²) >= 11 is 0. The first-order valence-corrected chi connectivity index (χ1v) is 7.46. The lowest BCUT2D eigenvalue weighted by Gasteiger charge is -2.25. The summed E-state index contributed by atoms with van der Waals surface area (Å²) in [6, 6.07) is 14.6. The van der Waals surface area contributed by atoms with Crippen LogP contribution in [0.25, 0.3) is 0 Å². The van der Waals surface area contributed by atoms with E-state index < -0.39 is 0 Å². The Hall–Kier alpha value is -2.73. The van der Waals surface area contributed by atoms with Crippen molar-refractivity contribution in [1.29, 1.82) is 0 Å². The van der Waals surface area contributed by atoms with Crippen molar-refractivity contribution in [3.05, 3.63) is 69.8 Å². The molecule has 3 rings (SSSR count). The molecule has 118 valence electrons. The molecule has 0 saturated heterocycles. The third-order valence-corrected chi connectivity index (χ3v) is 4.04. The molecule has 1 aliphatic rings. The Kier molecular flexibility index (Phi) is 4.08. The predicted molar refractivity (Wildman–Crippen MR) is 90.6 cm³/mol. The molecular formula is C17H18N4O2. The maximum atomic E-state index is 11.0. The molecule has 0 fully saturated rings. The number of benzene rings is 2. The number of nitro groups is 1. The van der Waals surface area contributed by atoms with Crippen molar-refractivity contribution in [3.8, 4) is 0 Å². The van der Waals surface area contributed by atoms with Crippen LogP contribution in [0, 0.1) is 17.0 Å². The Labute approximate surface area is 134 Å². The molecule has 1 aliphatic heterocycles. The molecule has 2 aromatic carbocycles. The maximum absolute atomic E-state index is 11.0. The van der Waals surface area contributed by atoms with Gasteiger partial charge in [0, 0.05) is 25.1 Å². The van der Waals surface area contributed by atoms with E-state index in [9.17, 15) is 10.1 Å². The van der Waals surface area contributed by atoms with Crippen molar-refractivity contribution in [2.45, 2.75) is 19.4 Å². The van der Waals surface area contributed by atoms with E-state index in [2.05, 4.69) is 5.10 Å². The number of nitrogens with zero attached hydrogens (tertiary/aromatic N) is 3. The first kappa shape index (κ1) is 15.2. The molecule has 0 amide bonds. The Bertz CT molecular complexity index is 773. The molecule has 6 nitrogen and oxygen atoms in total. The van der Waals surface area contributed by atoms with Gasteiger partial charge in [-0.2, -0.15) is 5.10 Å². The highest BCUT2D eigenvalue weighted by atomic mass is 16.6. The van der Waals surface area contributed by atoms with E-state index in [1.165, 1.54) is 6.07 Å². The summed E-state index contributed by atoms with van der Waals surface area (Å²) in [6.45, 7) is 2.41. The van der Waals surface area contributed by atoms with Gasteiger partial charge in [-0.3, -0.25) is 15.1 Å². The Morgan fingerprint density at radius 3 is 2.78 bits per heavy atom. The lowest BCUT2D eigenvalue weighted by molar-refractivity contribution is -0.384. The quantitative estimate of drug-likeness (QED) is 0.694. The first-order chi connectivity index (χ1) is 11.1. The summed E-state index contributed by atoms with van der Waals surface area (Å²) < 4.78 is 0. The molecule has 1 atom stereocenters. The molecule has 6 heteroatoms. The van der Waals surface area contributed by atoms with Gasteiger partial charge in [0.15, 0.2) is 0 Å². The van der Waals surface area contributed by atoms with Crippen LogP contribution in [0.4, 0.5) is 11.4 Å². The van der Waals surface area contributed by atoms with Crippen molar-refractivity contribution in [1.82, 2.24) is 0 Å². The predicted octanol–water partition coefficient (Wildman–Crippen LogP) is 3.17. The van der Waals surface area contributed by atoms with Gasteiger partial charge in [-0.15, -0.1) is 0 Å². The second kappa shape index (κ2) is 6.18. The zero-order valence-electron chi connectivity index (χ0n) is 12.8. The van der Waals surface area contributed by atoms with Crippen LogP contribution in [0.5, 0.6) is 0 Å². The minimum atomic E-state index is -0.374. The van der Waals surface area contributed by atoms with Crippen molar-refractivity contribution in [2.24, 2.45) is 10.8 Å². The van der Waals surface area contributed by atoms with Crippen molar-refractivity contribution in [3.63, 3.8) is 0 Å². The molecule has 0 saturated carbocycles. The van der Waals surface area contributed by atoms with Crippen LogP contribution >= 0.6 is 0 Å². The van der Waals surface area contributed by atoms with Gasteiger partial charge in [-0.25, -0.2) is 0 Å². The fraction of sp³-hybridized carbons (Fsp3) is 0.235. The normalized spacial score (nSPS) is 17.2. The summed E-state index contributed by atoms with van der Waals surface area (Å²) in [7, 11) is 0. The van der Waals surface area contributed by atoms with E-state index in [1.807, 2.05) is 42.3 Å². The molecule has 0 radical (unpaired) electrons. The van der Waals surface area contributed by atoms with Gasteiger partial charge in [-0.05, 0) is 24.1 Å². The van der Waals surface area contributed by atoms with Gasteiger partial charge >= 0.3 is 0 Å². The molecule has 1 heterocycles. The summed E-state index contributed by atoms with van der Waals surface area (Å²) in [4.78, 5) is 10.7. The smallest absolute Gasteiger partial charge is 0.269 e. The Morgan fingerprint density at radius 2 is 2.09 bits per heavy atom. The molecule has 0 aromatic heterocycles. The number of hydrazone groups is 1. The number of rotatable bonds is 4. The summed E-state index contributed by atoms with van der Waals surface area (Å²) in [6.07, 6.45) is 0.673. The largest absolute Gasteiger partial charge is 0.325 e. The van der Waals surface area contributed by atoms with Gasteiger partial charge in [0.25, 0.3) is 5.69 Å². The number of hydrogen-bond acceptors (Lipinski definition) is 5. The van der Waals surface area contributed by atoms with Crippen LogP contribution in [0.3, 0.4) is 0 Å². The van der Waals surface area contributed by atoms with Crippen molar-refractivity contribution < 1.29 is 4.92 Å². The SMILES string of the molecule is Cc1ccccc1N1N=C(CN)CC1c1cccc([N+](=O)[O-])c1. The summed E-state index contributed by atoms with van der Waals surface area (Å²) in [5.74, 6) is 0. The average molecular weight is 310 g/mol. The fourth-order valence-electron chi connectivity index (χ4n) is 2.84. The highest BCUT2D eigenvalue weighted by Crippen LogP contribution is 2.37. The van der Waals surface area contributed by atoms with Crippen LogP contribution in [-0.4, -0.2) is 17.2 Å². The lowest BCUT2D eigenvalue weighted by Crippen LogP contribution is -2.19. The second-order valence-electron chi connectivity index (χ2n) is 5.57. The standard InChI is InChI=1S/C17H18N4O2/c1-12-5-2-3-8-16(12)20-17(10-14(11-18)19-20)13-6-4-7-15(9-13)21(22)23/h2-9,17H,10-11,18H2,1H3. The highest BCUT2D eigenvalue weighted by Gasteiger charge is 2.30. The van der Waals surface area contributed by atoms with Gasteiger partial charge in [-0.1, -0.05) is 30.3 Å². The molecule has 23 heavy (non-hydrogen) atoms. The molecule has 0 spiro atoms. The van der Waals surface area contributed by atoms with Gasteiger partial charge < -0.3 is 5.73 Å². The number of nitro benzene ring substituents is 1. The van der Waals surface area contributed by atoms with Crippen LogP contribution in [0.2, 0.25) is 0 Å². The van der Waals surface area contributed by atoms with Crippen molar-refractivity contribution >= 4 is 17.1 Å². The minimum absolute atomic E-state index is 0.0745. The van der Waals surface area contributed by atoms with Crippen LogP contribution in [0.1, 0.15) is 23.6 Å². The third-order valence-electron chi connectivity index (χ3n) is 4.04. The number of para-hydroxylation sites is 1. The molecule has 0 bridgehead atoms. The summed E-state index contributed by atoms with van der Waals surface area (Å²) in [5.41, 5.74) is 9.71. The van der Waals surface area contributed by atoms with Crippen LogP contribution in [0.15, 0.2) is 53.6 Å². The molecule has 2 aromatic rings. The maximum Gasteiger partial charge on any atom is 0.269 e. The summed E-state index contributed by atoms with van der Waals surface area (Å²) in [5, 5.41) is 17.6. The number of hydrogen-bond donors (Lipinski definition) is 1. The lowest BCUT2D eigenvalue weighted by atomic mass is 10.0. The van der Waals surface area contributed by atoms with E-state index in [1.54, 1.807) is 12.1 Å². The van der Waals surface area contributed by atoms with Gasteiger partial charge in [0.1, 0.15) is 0 Å². The van der Waals surface area contributed by atoms with Gasteiger partial charge in [0.2, 0.25) is 0 Å². The first-order valence-electron chi connectivity index (χ1n) is 7.46. The Morgan fingerprint density at radius 1 is 1.30 bits per heavy atom. The minimum Gasteiger partial charge on any atom is -0.325 e. The van der Waals surface area contributed by atoms with E-state index in [-0.39, 0.29) is 16.7 Å². The van der Waals surface area contributed by atoms with E-state index >= 15 is 0 Å².